The molecule has 1 atom stereocenters. The molecule has 0 spiro atoms. The van der Waals surface area contributed by atoms with E-state index in [9.17, 15) is 0 Å². The van der Waals surface area contributed by atoms with Gasteiger partial charge in [-0.1, -0.05) is 37.3 Å². The molecule has 0 amide bonds. The highest BCUT2D eigenvalue weighted by Crippen LogP contribution is 2.32. The van der Waals surface area contributed by atoms with Gasteiger partial charge in [-0.25, -0.2) is 0 Å². The van der Waals surface area contributed by atoms with Gasteiger partial charge in [0.25, 0.3) is 0 Å². The number of hydrogen-bond acceptors (Lipinski definition) is 0. The zero-order chi connectivity index (χ0) is 11.1. The molecular weight excluding hydrogens is 194 g/mol. The van der Waals surface area contributed by atoms with E-state index in [1.807, 2.05) is 0 Å². The van der Waals surface area contributed by atoms with Crippen molar-refractivity contribution in [3.63, 3.8) is 0 Å². The normalized spacial score (nSPS) is 19.0. The third-order valence-electron chi connectivity index (χ3n) is 3.54. The van der Waals surface area contributed by atoms with E-state index in [0.29, 0.717) is 5.92 Å². The highest BCUT2D eigenvalue weighted by molar-refractivity contribution is 5.91. The van der Waals surface area contributed by atoms with Crippen LogP contribution in [0.25, 0.3) is 17.0 Å². The lowest BCUT2D eigenvalue weighted by Crippen LogP contribution is -2.08. The van der Waals surface area contributed by atoms with Crippen LogP contribution in [-0.4, -0.2) is 4.57 Å². The maximum Gasteiger partial charge on any atom is 0.0488 e. The summed E-state index contributed by atoms with van der Waals surface area (Å²) in [7, 11) is 0. The van der Waals surface area contributed by atoms with Gasteiger partial charge < -0.3 is 4.57 Å². The molecule has 1 aliphatic carbocycles. The smallest absolute Gasteiger partial charge is 0.0488 e. The predicted molar refractivity (Wildman–Crippen MR) is 69.5 cm³/mol. The molecule has 3 rings (SSSR count). The Hall–Kier alpha value is -1.50. The van der Waals surface area contributed by atoms with Gasteiger partial charge in [-0.05, 0) is 25.3 Å². The van der Waals surface area contributed by atoms with Crippen LogP contribution in [0.15, 0.2) is 30.3 Å². The van der Waals surface area contributed by atoms with E-state index in [0.717, 1.165) is 6.54 Å². The van der Waals surface area contributed by atoms with E-state index in [2.05, 4.69) is 54.8 Å². The van der Waals surface area contributed by atoms with Gasteiger partial charge in [0, 0.05) is 28.7 Å². The summed E-state index contributed by atoms with van der Waals surface area (Å²) in [5.74, 6) is 0.669. The zero-order valence-electron chi connectivity index (χ0n) is 9.90. The molecule has 82 valence electrons. The minimum absolute atomic E-state index is 0.669. The maximum absolute atomic E-state index is 2.46. The molecule has 1 aromatic heterocycles. The third kappa shape index (κ3) is 1.24. The Morgan fingerprint density at radius 3 is 2.94 bits per heavy atom. The van der Waals surface area contributed by atoms with Crippen LogP contribution in [-0.2, 0) is 13.0 Å². The summed E-state index contributed by atoms with van der Waals surface area (Å²) in [6.45, 7) is 5.59. The fourth-order valence-corrected chi connectivity index (χ4v) is 2.78. The summed E-state index contributed by atoms with van der Waals surface area (Å²) in [6, 6.07) is 8.73. The first kappa shape index (κ1) is 9.71. The molecular formula is C15H17N. The van der Waals surface area contributed by atoms with Gasteiger partial charge in [-0.3, -0.25) is 0 Å². The average molecular weight is 211 g/mol. The lowest BCUT2D eigenvalue weighted by atomic mass is 9.95. The Labute approximate surface area is 96.4 Å². The summed E-state index contributed by atoms with van der Waals surface area (Å²) in [6.07, 6.45) is 5.81. The van der Waals surface area contributed by atoms with Crippen LogP contribution in [0.2, 0.25) is 0 Å². The first-order valence-electron chi connectivity index (χ1n) is 6.09. The second kappa shape index (κ2) is 3.51. The van der Waals surface area contributed by atoms with Crippen molar-refractivity contribution in [2.45, 2.75) is 26.8 Å². The number of nitrogens with zero attached hydrogens (tertiary/aromatic N) is 1. The van der Waals surface area contributed by atoms with Gasteiger partial charge in [0.05, 0.1) is 0 Å². The highest BCUT2D eigenvalue weighted by Gasteiger charge is 2.18. The largest absolute Gasteiger partial charge is 0.344 e. The third-order valence-corrected chi connectivity index (χ3v) is 3.54. The molecule has 1 aromatic carbocycles. The van der Waals surface area contributed by atoms with Crippen molar-refractivity contribution < 1.29 is 0 Å². The van der Waals surface area contributed by atoms with Crippen LogP contribution >= 0.6 is 0 Å². The molecule has 1 nitrogen and oxygen atoms in total. The van der Waals surface area contributed by atoms with Gasteiger partial charge in [-0.2, -0.15) is 0 Å². The van der Waals surface area contributed by atoms with Crippen molar-refractivity contribution in [3.8, 4) is 0 Å². The summed E-state index contributed by atoms with van der Waals surface area (Å²) in [5.41, 5.74) is 4.34. The van der Waals surface area contributed by atoms with Crippen LogP contribution < -0.4 is 0 Å². The first-order valence-corrected chi connectivity index (χ1v) is 6.09. The van der Waals surface area contributed by atoms with Crippen LogP contribution in [0, 0.1) is 5.92 Å². The predicted octanol–water partition coefficient (Wildman–Crippen LogP) is 3.87. The van der Waals surface area contributed by atoms with Crippen LogP contribution in [0.5, 0.6) is 0 Å². The molecule has 1 aliphatic rings. The Bertz CT molecular complexity index is 560. The monoisotopic (exact) mass is 211 g/mol. The van der Waals surface area contributed by atoms with E-state index in [1.54, 1.807) is 0 Å². The summed E-state index contributed by atoms with van der Waals surface area (Å²) in [5, 5.41) is 1.41. The fourth-order valence-electron chi connectivity index (χ4n) is 2.78. The van der Waals surface area contributed by atoms with Crippen molar-refractivity contribution >= 4 is 17.0 Å². The lowest BCUT2D eigenvalue weighted by Gasteiger charge is -2.15. The summed E-state index contributed by atoms with van der Waals surface area (Å²) >= 11 is 0. The van der Waals surface area contributed by atoms with Crippen LogP contribution in [0.3, 0.4) is 0 Å². The molecule has 0 fully saturated rings. The number of rotatable bonds is 1. The van der Waals surface area contributed by atoms with E-state index in [4.69, 9.17) is 0 Å². The molecule has 16 heavy (non-hydrogen) atoms. The minimum Gasteiger partial charge on any atom is -0.344 e. The van der Waals surface area contributed by atoms with Gasteiger partial charge in [-0.15, -0.1) is 0 Å². The van der Waals surface area contributed by atoms with Crippen LogP contribution in [0.1, 0.15) is 25.1 Å². The van der Waals surface area contributed by atoms with E-state index >= 15 is 0 Å². The molecule has 1 unspecified atom stereocenters. The molecule has 0 radical (unpaired) electrons. The Morgan fingerprint density at radius 2 is 2.12 bits per heavy atom. The second-order valence-electron chi connectivity index (χ2n) is 4.66. The SMILES string of the molecule is CCn1c2c(c3ccccc31)C=CC(C)C2. The first-order chi connectivity index (χ1) is 7.81. The molecule has 0 saturated carbocycles. The Kier molecular flexibility index (Phi) is 2.13. The summed E-state index contributed by atoms with van der Waals surface area (Å²) < 4.78 is 2.46. The quantitative estimate of drug-likeness (QED) is 0.675. The number of aryl methyl sites for hydroxylation is 1. The van der Waals surface area contributed by atoms with Crippen molar-refractivity contribution in [2.75, 3.05) is 0 Å². The number of para-hydroxylation sites is 1. The van der Waals surface area contributed by atoms with Gasteiger partial charge in [0.2, 0.25) is 0 Å². The van der Waals surface area contributed by atoms with Crippen molar-refractivity contribution in [2.24, 2.45) is 5.92 Å². The van der Waals surface area contributed by atoms with Crippen LogP contribution in [0.4, 0.5) is 0 Å². The van der Waals surface area contributed by atoms with Gasteiger partial charge in [0.15, 0.2) is 0 Å². The number of allylic oxidation sites excluding steroid dienone is 1. The minimum atomic E-state index is 0.669. The molecule has 1 heteroatoms. The fraction of sp³-hybridized carbons (Fsp3) is 0.333. The molecule has 0 saturated heterocycles. The van der Waals surface area contributed by atoms with Crippen molar-refractivity contribution in [1.82, 2.24) is 4.57 Å². The zero-order valence-corrected chi connectivity index (χ0v) is 9.90. The molecule has 0 N–H and O–H groups in total. The number of fused-ring (bicyclic) bond motifs is 3. The van der Waals surface area contributed by atoms with E-state index in [-0.39, 0.29) is 0 Å². The number of aromatic nitrogens is 1. The molecule has 0 aliphatic heterocycles. The molecule has 2 aromatic rings. The second-order valence-corrected chi connectivity index (χ2v) is 4.66. The highest BCUT2D eigenvalue weighted by atomic mass is 15.0. The molecule has 1 heterocycles. The number of benzene rings is 1. The summed E-state index contributed by atoms with van der Waals surface area (Å²) in [4.78, 5) is 0. The van der Waals surface area contributed by atoms with Gasteiger partial charge in [0.1, 0.15) is 0 Å². The standard InChI is InChI=1S/C15H17N/c1-3-16-14-7-5-4-6-12(14)13-9-8-11(2)10-15(13)16/h4-9,11H,3,10H2,1-2H3. The number of hydrogen-bond donors (Lipinski definition) is 0. The average Bonchev–Trinajstić information content (AvgIpc) is 2.61. The lowest BCUT2D eigenvalue weighted by molar-refractivity contribution is 0.646. The van der Waals surface area contributed by atoms with E-state index < -0.39 is 0 Å². The Morgan fingerprint density at radius 1 is 1.31 bits per heavy atom. The van der Waals surface area contributed by atoms with Crippen molar-refractivity contribution in [3.05, 3.63) is 41.6 Å². The van der Waals surface area contributed by atoms with Crippen molar-refractivity contribution in [1.29, 1.82) is 0 Å². The van der Waals surface area contributed by atoms with Gasteiger partial charge >= 0.3 is 0 Å². The van der Waals surface area contributed by atoms with E-state index in [1.165, 1.54) is 28.6 Å². The molecule has 0 bridgehead atoms. The topological polar surface area (TPSA) is 4.93 Å². The Balaban J connectivity index is 2.37. The maximum atomic E-state index is 2.46.